The summed E-state index contributed by atoms with van der Waals surface area (Å²) in [6, 6.07) is 8.54. The van der Waals surface area contributed by atoms with Crippen molar-refractivity contribution in [2.45, 2.75) is 44.4 Å². The molecule has 0 spiro atoms. The lowest BCUT2D eigenvalue weighted by Crippen LogP contribution is -2.39. The van der Waals surface area contributed by atoms with Crippen molar-refractivity contribution in [3.8, 4) is 0 Å². The largest absolute Gasteiger partial charge is 0.357 e. The quantitative estimate of drug-likeness (QED) is 0.390. The van der Waals surface area contributed by atoms with E-state index in [-0.39, 0.29) is 5.75 Å². The smallest absolute Gasteiger partial charge is 0.191 e. The van der Waals surface area contributed by atoms with E-state index in [1.807, 2.05) is 13.0 Å². The van der Waals surface area contributed by atoms with Gasteiger partial charge in [0, 0.05) is 19.6 Å². The summed E-state index contributed by atoms with van der Waals surface area (Å²) in [6.07, 6.45) is 4.68. The van der Waals surface area contributed by atoms with Crippen LogP contribution in [0.1, 0.15) is 39.5 Å². The van der Waals surface area contributed by atoms with E-state index >= 15 is 0 Å². The lowest BCUT2D eigenvalue weighted by atomic mass is 10.2. The minimum Gasteiger partial charge on any atom is -0.357 e. The molecule has 1 aromatic rings. The average Bonchev–Trinajstić information content (AvgIpc) is 2.55. The second-order valence-corrected chi connectivity index (χ2v) is 7.49. The van der Waals surface area contributed by atoms with Gasteiger partial charge in [0.2, 0.25) is 0 Å². The third kappa shape index (κ3) is 8.02. The van der Waals surface area contributed by atoms with Gasteiger partial charge in [-0.2, -0.15) is 0 Å². The maximum atomic E-state index is 12.2. The molecule has 0 aliphatic carbocycles. The minimum absolute atomic E-state index is 0.0528. The Kier molecular flexibility index (Phi) is 9.36. The van der Waals surface area contributed by atoms with Crippen LogP contribution in [0.2, 0.25) is 0 Å². The summed E-state index contributed by atoms with van der Waals surface area (Å²) in [5.74, 6) is 0.740. The van der Waals surface area contributed by atoms with E-state index < -0.39 is 9.84 Å². The number of nitrogens with zero attached hydrogens (tertiary/aromatic N) is 1. The number of hydrogen-bond donors (Lipinski definition) is 2. The van der Waals surface area contributed by atoms with Crippen molar-refractivity contribution in [2.75, 3.05) is 25.4 Å². The second-order valence-electron chi connectivity index (χ2n) is 5.38. The lowest BCUT2D eigenvalue weighted by molar-refractivity contribution is 0.594. The maximum absolute atomic E-state index is 12.2. The van der Waals surface area contributed by atoms with E-state index in [0.29, 0.717) is 17.4 Å². The van der Waals surface area contributed by atoms with Gasteiger partial charge in [-0.1, -0.05) is 44.4 Å². The predicted octanol–water partition coefficient (Wildman–Crippen LogP) is 2.60. The van der Waals surface area contributed by atoms with Crippen LogP contribution in [-0.4, -0.2) is 39.8 Å². The third-order valence-electron chi connectivity index (χ3n) is 3.39. The normalized spacial score (nSPS) is 12.2. The number of unbranched alkanes of at least 4 members (excludes halogenated alkanes) is 3. The van der Waals surface area contributed by atoms with Gasteiger partial charge in [0.05, 0.1) is 10.6 Å². The molecule has 0 bridgehead atoms. The zero-order chi connectivity index (χ0) is 17.0. The SMILES string of the molecule is CCCCCCN=C(NCC)NCCS(=O)(=O)c1ccccc1. The van der Waals surface area contributed by atoms with Crippen molar-refractivity contribution in [1.82, 2.24) is 10.6 Å². The zero-order valence-corrected chi connectivity index (χ0v) is 15.0. The van der Waals surface area contributed by atoms with Crippen LogP contribution < -0.4 is 10.6 Å². The molecular formula is C17H29N3O2S. The Morgan fingerprint density at radius 1 is 1.04 bits per heavy atom. The Morgan fingerprint density at radius 2 is 1.78 bits per heavy atom. The van der Waals surface area contributed by atoms with Gasteiger partial charge >= 0.3 is 0 Å². The van der Waals surface area contributed by atoms with E-state index in [2.05, 4.69) is 22.5 Å². The van der Waals surface area contributed by atoms with Crippen molar-refractivity contribution in [2.24, 2.45) is 4.99 Å². The first-order valence-corrected chi connectivity index (χ1v) is 10.1. The van der Waals surface area contributed by atoms with Gasteiger partial charge < -0.3 is 10.6 Å². The summed E-state index contributed by atoms with van der Waals surface area (Å²) < 4.78 is 24.4. The Balaban J connectivity index is 2.44. The van der Waals surface area contributed by atoms with Gasteiger partial charge in [0.15, 0.2) is 15.8 Å². The van der Waals surface area contributed by atoms with E-state index in [1.54, 1.807) is 24.3 Å². The van der Waals surface area contributed by atoms with Gasteiger partial charge in [-0.25, -0.2) is 8.42 Å². The molecule has 0 radical (unpaired) electrons. The number of hydrogen-bond acceptors (Lipinski definition) is 3. The van der Waals surface area contributed by atoms with E-state index in [1.165, 1.54) is 19.3 Å². The maximum Gasteiger partial charge on any atom is 0.191 e. The fourth-order valence-electron chi connectivity index (χ4n) is 2.12. The molecule has 0 aromatic heterocycles. The number of guanidine groups is 1. The van der Waals surface area contributed by atoms with Crippen LogP contribution in [0.15, 0.2) is 40.2 Å². The van der Waals surface area contributed by atoms with Crippen LogP contribution in [0.25, 0.3) is 0 Å². The summed E-state index contributed by atoms with van der Waals surface area (Å²) in [5, 5.41) is 6.24. The van der Waals surface area contributed by atoms with Gasteiger partial charge in [0.25, 0.3) is 0 Å². The summed E-state index contributed by atoms with van der Waals surface area (Å²) in [6.45, 7) is 6.04. The fourth-order valence-corrected chi connectivity index (χ4v) is 3.30. The highest BCUT2D eigenvalue weighted by molar-refractivity contribution is 7.91. The number of rotatable bonds is 10. The molecule has 6 heteroatoms. The summed E-state index contributed by atoms with van der Waals surface area (Å²) in [7, 11) is -3.25. The molecule has 130 valence electrons. The van der Waals surface area contributed by atoms with Crippen LogP contribution in [0.3, 0.4) is 0 Å². The van der Waals surface area contributed by atoms with Crippen LogP contribution in [0, 0.1) is 0 Å². The minimum atomic E-state index is -3.25. The van der Waals surface area contributed by atoms with Crippen LogP contribution in [0.5, 0.6) is 0 Å². The van der Waals surface area contributed by atoms with Gasteiger partial charge in [0.1, 0.15) is 0 Å². The van der Waals surface area contributed by atoms with Crippen molar-refractivity contribution in [1.29, 1.82) is 0 Å². The van der Waals surface area contributed by atoms with Gasteiger partial charge in [-0.05, 0) is 25.5 Å². The highest BCUT2D eigenvalue weighted by atomic mass is 32.2. The molecule has 0 heterocycles. The molecule has 23 heavy (non-hydrogen) atoms. The van der Waals surface area contributed by atoms with Crippen molar-refractivity contribution < 1.29 is 8.42 Å². The first-order valence-electron chi connectivity index (χ1n) is 8.40. The number of sulfone groups is 1. The molecule has 0 fully saturated rings. The molecule has 0 aliphatic rings. The monoisotopic (exact) mass is 339 g/mol. The van der Waals surface area contributed by atoms with Crippen LogP contribution in [0.4, 0.5) is 0 Å². The molecule has 0 saturated heterocycles. The molecule has 2 N–H and O–H groups in total. The Hall–Kier alpha value is -1.56. The molecule has 0 atom stereocenters. The molecular weight excluding hydrogens is 310 g/mol. The summed E-state index contributed by atoms with van der Waals surface area (Å²) in [4.78, 5) is 4.84. The summed E-state index contributed by atoms with van der Waals surface area (Å²) in [5.41, 5.74) is 0. The number of aliphatic imine (C=N–C) groups is 1. The first kappa shape index (κ1) is 19.5. The standard InChI is InChI=1S/C17H29N3O2S/c1-3-5-6-10-13-19-17(18-4-2)20-14-15-23(21,22)16-11-8-7-9-12-16/h7-9,11-12H,3-6,10,13-15H2,1-2H3,(H2,18,19,20). The highest BCUT2D eigenvalue weighted by Crippen LogP contribution is 2.09. The topological polar surface area (TPSA) is 70.6 Å². The van der Waals surface area contributed by atoms with Crippen molar-refractivity contribution in [3.05, 3.63) is 30.3 Å². The van der Waals surface area contributed by atoms with Crippen LogP contribution >= 0.6 is 0 Å². The molecule has 1 rings (SSSR count). The number of benzene rings is 1. The fraction of sp³-hybridized carbons (Fsp3) is 0.588. The number of nitrogens with one attached hydrogen (secondary N) is 2. The molecule has 0 amide bonds. The van der Waals surface area contributed by atoms with Crippen molar-refractivity contribution >= 4 is 15.8 Å². The molecule has 0 unspecified atom stereocenters. The Labute approximate surface area is 140 Å². The zero-order valence-electron chi connectivity index (χ0n) is 14.2. The van der Waals surface area contributed by atoms with Gasteiger partial charge in [-0.3, -0.25) is 4.99 Å². The Bertz CT molecular complexity index is 556. The van der Waals surface area contributed by atoms with E-state index in [9.17, 15) is 8.42 Å². The highest BCUT2D eigenvalue weighted by Gasteiger charge is 2.13. The predicted molar refractivity (Wildman–Crippen MR) is 96.6 cm³/mol. The third-order valence-corrected chi connectivity index (χ3v) is 5.12. The van der Waals surface area contributed by atoms with E-state index in [0.717, 1.165) is 19.5 Å². The summed E-state index contributed by atoms with van der Waals surface area (Å²) >= 11 is 0. The van der Waals surface area contributed by atoms with Crippen LogP contribution in [-0.2, 0) is 9.84 Å². The second kappa shape index (κ2) is 11.0. The van der Waals surface area contributed by atoms with Gasteiger partial charge in [-0.15, -0.1) is 0 Å². The Morgan fingerprint density at radius 3 is 2.43 bits per heavy atom. The van der Waals surface area contributed by atoms with E-state index in [4.69, 9.17) is 0 Å². The first-order chi connectivity index (χ1) is 11.1. The average molecular weight is 340 g/mol. The lowest BCUT2D eigenvalue weighted by Gasteiger charge is -2.11. The molecule has 0 saturated carbocycles. The molecule has 0 aliphatic heterocycles. The molecule has 1 aromatic carbocycles. The molecule has 5 nitrogen and oxygen atoms in total. The van der Waals surface area contributed by atoms with Crippen molar-refractivity contribution in [3.63, 3.8) is 0 Å².